The Kier molecular flexibility index (Phi) is 3.62. The fourth-order valence-electron chi connectivity index (χ4n) is 2.85. The van der Waals surface area contributed by atoms with E-state index in [1.165, 1.54) is 38.5 Å². The topological polar surface area (TPSA) is 40.5 Å². The number of piperidine rings is 1. The summed E-state index contributed by atoms with van der Waals surface area (Å²) in [4.78, 5) is 13.3. The monoisotopic (exact) mass is 211 g/mol. The van der Waals surface area contributed by atoms with Crippen LogP contribution in [0, 0.1) is 5.92 Å². The van der Waals surface area contributed by atoms with Crippen LogP contribution in [0.1, 0.15) is 44.9 Å². The summed E-state index contributed by atoms with van der Waals surface area (Å²) in [6, 6.07) is 0.330. The summed E-state index contributed by atoms with van der Waals surface area (Å²) < 4.78 is 0. The van der Waals surface area contributed by atoms with Gasteiger partial charge in [0.1, 0.15) is 0 Å². The summed E-state index contributed by atoms with van der Waals surface area (Å²) in [6.07, 6.45) is 7.97. The molecule has 1 heterocycles. The van der Waals surface area contributed by atoms with Crippen molar-refractivity contribution in [2.75, 3.05) is 13.1 Å². The zero-order valence-corrected chi connectivity index (χ0v) is 9.32. The molecule has 3 heteroatoms. The van der Waals surface area contributed by atoms with Gasteiger partial charge in [0.05, 0.1) is 6.42 Å². The lowest BCUT2D eigenvalue weighted by Gasteiger charge is -2.42. The van der Waals surface area contributed by atoms with E-state index in [0.29, 0.717) is 18.4 Å². The van der Waals surface area contributed by atoms with Crippen LogP contribution in [0.4, 0.5) is 0 Å². The van der Waals surface area contributed by atoms with Crippen LogP contribution < -0.4 is 0 Å². The van der Waals surface area contributed by atoms with Gasteiger partial charge in [-0.3, -0.25) is 9.69 Å². The van der Waals surface area contributed by atoms with Crippen LogP contribution in [-0.4, -0.2) is 35.1 Å². The normalized spacial score (nSPS) is 25.9. The molecular formula is C12H21NO2. The predicted molar refractivity (Wildman–Crippen MR) is 58.8 cm³/mol. The van der Waals surface area contributed by atoms with Crippen molar-refractivity contribution in [3.8, 4) is 0 Å². The second-order valence-corrected chi connectivity index (χ2v) is 4.95. The molecule has 0 radical (unpaired) electrons. The number of rotatable bonds is 4. The Bertz CT molecular complexity index is 220. The summed E-state index contributed by atoms with van der Waals surface area (Å²) in [5.41, 5.74) is 0. The fraction of sp³-hybridized carbons (Fsp3) is 0.917. The van der Waals surface area contributed by atoms with Crippen LogP contribution in [0.25, 0.3) is 0 Å². The first-order chi connectivity index (χ1) is 7.27. The number of hydrogen-bond donors (Lipinski definition) is 1. The van der Waals surface area contributed by atoms with Crippen LogP contribution >= 0.6 is 0 Å². The highest BCUT2D eigenvalue weighted by Crippen LogP contribution is 2.34. The predicted octanol–water partition coefficient (Wildman–Crippen LogP) is 2.12. The number of carboxylic acid groups (broad SMARTS) is 1. The van der Waals surface area contributed by atoms with Gasteiger partial charge in [0.15, 0.2) is 0 Å². The Hall–Kier alpha value is -0.570. The van der Waals surface area contributed by atoms with Crippen molar-refractivity contribution in [3.05, 3.63) is 0 Å². The third kappa shape index (κ3) is 2.71. The average molecular weight is 211 g/mol. The summed E-state index contributed by atoms with van der Waals surface area (Å²) >= 11 is 0. The maximum atomic E-state index is 10.9. The Morgan fingerprint density at radius 1 is 1.20 bits per heavy atom. The van der Waals surface area contributed by atoms with E-state index in [9.17, 15) is 4.79 Å². The van der Waals surface area contributed by atoms with E-state index in [0.717, 1.165) is 13.1 Å². The highest BCUT2D eigenvalue weighted by Gasteiger charge is 2.33. The van der Waals surface area contributed by atoms with Gasteiger partial charge in [-0.15, -0.1) is 0 Å². The van der Waals surface area contributed by atoms with Gasteiger partial charge in [-0.2, -0.15) is 0 Å². The van der Waals surface area contributed by atoms with Crippen LogP contribution in [0.15, 0.2) is 0 Å². The van der Waals surface area contributed by atoms with Gasteiger partial charge in [-0.25, -0.2) is 0 Å². The maximum Gasteiger partial charge on any atom is 0.304 e. The molecule has 0 aromatic carbocycles. The van der Waals surface area contributed by atoms with Crippen molar-refractivity contribution in [1.29, 1.82) is 0 Å². The molecule has 2 fully saturated rings. The van der Waals surface area contributed by atoms with E-state index in [1.807, 2.05) is 0 Å². The second kappa shape index (κ2) is 4.97. The van der Waals surface area contributed by atoms with E-state index < -0.39 is 5.97 Å². The molecule has 0 aromatic heterocycles. The van der Waals surface area contributed by atoms with Crippen molar-refractivity contribution in [1.82, 2.24) is 4.90 Å². The largest absolute Gasteiger partial charge is 0.481 e. The SMILES string of the molecule is O=C(O)CC(C1CCC1)N1CCCCC1. The van der Waals surface area contributed by atoms with E-state index >= 15 is 0 Å². The summed E-state index contributed by atoms with van der Waals surface area (Å²) in [5, 5.41) is 8.96. The van der Waals surface area contributed by atoms with E-state index in [4.69, 9.17) is 5.11 Å². The number of aliphatic carboxylic acids is 1. The molecule has 15 heavy (non-hydrogen) atoms. The van der Waals surface area contributed by atoms with Gasteiger partial charge in [0, 0.05) is 6.04 Å². The third-order valence-corrected chi connectivity index (χ3v) is 3.94. The molecule has 1 N–H and O–H groups in total. The molecule has 1 saturated heterocycles. The first-order valence-electron chi connectivity index (χ1n) is 6.23. The summed E-state index contributed by atoms with van der Waals surface area (Å²) in [6.45, 7) is 2.24. The van der Waals surface area contributed by atoms with E-state index in [1.54, 1.807) is 0 Å². The Morgan fingerprint density at radius 3 is 2.33 bits per heavy atom. The number of likely N-dealkylation sites (tertiary alicyclic amines) is 1. The Labute approximate surface area is 91.5 Å². The molecule has 1 aliphatic heterocycles. The van der Waals surface area contributed by atoms with Gasteiger partial charge in [-0.1, -0.05) is 12.8 Å². The number of hydrogen-bond acceptors (Lipinski definition) is 2. The van der Waals surface area contributed by atoms with Gasteiger partial charge in [-0.05, 0) is 44.7 Å². The van der Waals surface area contributed by atoms with Crippen molar-refractivity contribution < 1.29 is 9.90 Å². The maximum absolute atomic E-state index is 10.9. The van der Waals surface area contributed by atoms with Crippen LogP contribution in [0.2, 0.25) is 0 Å². The molecule has 2 aliphatic rings. The lowest BCUT2D eigenvalue weighted by molar-refractivity contribution is -0.139. The lowest BCUT2D eigenvalue weighted by atomic mass is 9.77. The molecule has 0 amide bonds. The molecule has 3 nitrogen and oxygen atoms in total. The van der Waals surface area contributed by atoms with Crippen molar-refractivity contribution >= 4 is 5.97 Å². The molecule has 1 atom stereocenters. The highest BCUT2D eigenvalue weighted by atomic mass is 16.4. The quantitative estimate of drug-likeness (QED) is 0.774. The minimum absolute atomic E-state index is 0.330. The third-order valence-electron chi connectivity index (χ3n) is 3.94. The van der Waals surface area contributed by atoms with Crippen LogP contribution in [0.3, 0.4) is 0 Å². The standard InChI is InChI=1S/C12H21NO2/c14-12(15)9-11(10-5-4-6-10)13-7-2-1-3-8-13/h10-11H,1-9H2,(H,14,15). The van der Waals surface area contributed by atoms with Crippen LogP contribution in [0.5, 0.6) is 0 Å². The molecule has 86 valence electrons. The minimum Gasteiger partial charge on any atom is -0.481 e. The fourth-order valence-corrected chi connectivity index (χ4v) is 2.85. The average Bonchev–Trinajstić information content (AvgIpc) is 2.15. The molecule has 1 aliphatic carbocycles. The van der Waals surface area contributed by atoms with Crippen molar-refractivity contribution in [2.45, 2.75) is 51.0 Å². The minimum atomic E-state index is -0.627. The zero-order chi connectivity index (χ0) is 10.7. The molecule has 0 spiro atoms. The zero-order valence-electron chi connectivity index (χ0n) is 9.32. The number of nitrogens with zero attached hydrogens (tertiary/aromatic N) is 1. The second-order valence-electron chi connectivity index (χ2n) is 4.95. The molecule has 2 rings (SSSR count). The van der Waals surface area contributed by atoms with Gasteiger partial charge in [0.2, 0.25) is 0 Å². The smallest absolute Gasteiger partial charge is 0.304 e. The Balaban J connectivity index is 1.92. The number of carboxylic acids is 1. The van der Waals surface area contributed by atoms with Gasteiger partial charge < -0.3 is 5.11 Å². The molecular weight excluding hydrogens is 190 g/mol. The summed E-state index contributed by atoms with van der Waals surface area (Å²) in [5.74, 6) is 0.0386. The number of carbonyl (C=O) groups is 1. The molecule has 0 bridgehead atoms. The molecule has 0 aromatic rings. The van der Waals surface area contributed by atoms with E-state index in [-0.39, 0.29) is 0 Å². The van der Waals surface area contributed by atoms with Crippen molar-refractivity contribution in [2.24, 2.45) is 5.92 Å². The van der Waals surface area contributed by atoms with E-state index in [2.05, 4.69) is 4.90 Å². The lowest BCUT2D eigenvalue weighted by Crippen LogP contribution is -2.46. The first kappa shape index (κ1) is 10.9. The van der Waals surface area contributed by atoms with Crippen LogP contribution in [-0.2, 0) is 4.79 Å². The first-order valence-corrected chi connectivity index (χ1v) is 6.23. The molecule has 1 saturated carbocycles. The Morgan fingerprint density at radius 2 is 1.87 bits per heavy atom. The highest BCUT2D eigenvalue weighted by molar-refractivity contribution is 5.67. The van der Waals surface area contributed by atoms with Gasteiger partial charge in [0.25, 0.3) is 0 Å². The summed E-state index contributed by atoms with van der Waals surface area (Å²) in [7, 11) is 0. The van der Waals surface area contributed by atoms with Gasteiger partial charge >= 0.3 is 5.97 Å². The molecule has 1 unspecified atom stereocenters. The van der Waals surface area contributed by atoms with Crippen molar-refractivity contribution in [3.63, 3.8) is 0 Å².